The fourth-order valence-electron chi connectivity index (χ4n) is 3.14. The first-order chi connectivity index (χ1) is 12.8. The van der Waals surface area contributed by atoms with Gasteiger partial charge in [0, 0.05) is 24.7 Å². The maximum atomic E-state index is 13.1. The number of hydrogen-bond donors (Lipinski definition) is 1. The molecule has 0 radical (unpaired) electrons. The van der Waals surface area contributed by atoms with Crippen LogP contribution in [0.4, 0.5) is 5.69 Å². The first kappa shape index (κ1) is 15.2. The Bertz CT molecular complexity index is 1210. The smallest absolute Gasteiger partial charge is 0.275 e. The van der Waals surface area contributed by atoms with E-state index in [2.05, 4.69) is 15.3 Å². The number of thiophene rings is 1. The van der Waals surface area contributed by atoms with Gasteiger partial charge in [0.2, 0.25) is 0 Å². The van der Waals surface area contributed by atoms with Gasteiger partial charge < -0.3 is 14.8 Å². The molecular weight excluding hydrogens is 352 g/mol. The molecule has 1 aromatic carbocycles. The molecule has 0 saturated carbocycles. The van der Waals surface area contributed by atoms with E-state index in [-0.39, 0.29) is 5.56 Å². The van der Waals surface area contributed by atoms with Crippen LogP contribution in [0, 0.1) is 0 Å². The quantitative estimate of drug-likeness (QED) is 0.588. The summed E-state index contributed by atoms with van der Waals surface area (Å²) in [6.07, 6.45) is 5.06. The van der Waals surface area contributed by atoms with Crippen molar-refractivity contribution in [3.05, 3.63) is 47.3 Å². The Morgan fingerprint density at radius 3 is 2.88 bits per heavy atom. The zero-order valence-electron chi connectivity index (χ0n) is 13.9. The van der Waals surface area contributed by atoms with E-state index in [1.54, 1.807) is 24.8 Å². The van der Waals surface area contributed by atoms with E-state index < -0.39 is 0 Å². The summed E-state index contributed by atoms with van der Waals surface area (Å²) < 4.78 is 14.2. The number of pyridine rings is 1. The highest BCUT2D eigenvalue weighted by Crippen LogP contribution is 2.35. The number of nitrogens with one attached hydrogen (secondary N) is 1. The normalized spacial score (nSPS) is 13.3. The Labute approximate surface area is 151 Å². The van der Waals surface area contributed by atoms with Gasteiger partial charge in [-0.25, -0.2) is 4.98 Å². The van der Waals surface area contributed by atoms with Gasteiger partial charge in [0.15, 0.2) is 11.5 Å². The van der Waals surface area contributed by atoms with E-state index in [1.807, 2.05) is 19.2 Å². The molecule has 7 nitrogen and oxygen atoms in total. The summed E-state index contributed by atoms with van der Waals surface area (Å²) >= 11 is 1.40. The third-order valence-corrected chi connectivity index (χ3v) is 5.47. The summed E-state index contributed by atoms with van der Waals surface area (Å²) in [7, 11) is 1.83. The highest BCUT2D eigenvalue weighted by atomic mass is 32.1. The number of hydrogen-bond acceptors (Lipinski definition) is 7. The minimum atomic E-state index is -0.116. The molecule has 0 spiro atoms. The van der Waals surface area contributed by atoms with Gasteiger partial charge in [-0.3, -0.25) is 14.3 Å². The summed E-state index contributed by atoms with van der Waals surface area (Å²) in [6, 6.07) is 5.45. The Morgan fingerprint density at radius 2 is 2.04 bits per heavy atom. The molecule has 4 aromatic rings. The monoisotopic (exact) mass is 366 g/mol. The number of rotatable bonds is 2. The number of fused-ring (bicyclic) bond motifs is 4. The number of benzene rings is 1. The van der Waals surface area contributed by atoms with Crippen molar-refractivity contribution in [2.24, 2.45) is 0 Å². The van der Waals surface area contributed by atoms with Crippen molar-refractivity contribution in [2.45, 2.75) is 0 Å². The largest absolute Gasteiger partial charge is 0.486 e. The summed E-state index contributed by atoms with van der Waals surface area (Å²) in [6.45, 7) is 1.03. The lowest BCUT2D eigenvalue weighted by molar-refractivity contribution is 0.171. The third kappa shape index (κ3) is 2.15. The standard InChI is InChI=1S/C18H14N4O3S/c1-19-11-7-20-8-14-15(11)16-17(26-14)18(23)22(9-21-16)10-2-3-12-13(6-10)25-5-4-24-12/h2-3,6-9,19H,4-5H2,1H3. The van der Waals surface area contributed by atoms with Crippen LogP contribution in [-0.2, 0) is 0 Å². The molecule has 0 atom stereocenters. The highest BCUT2D eigenvalue weighted by molar-refractivity contribution is 7.25. The van der Waals surface area contributed by atoms with Gasteiger partial charge in [-0.15, -0.1) is 11.3 Å². The minimum absolute atomic E-state index is 0.116. The van der Waals surface area contributed by atoms with Crippen molar-refractivity contribution in [3.8, 4) is 17.2 Å². The molecule has 0 fully saturated rings. The highest BCUT2D eigenvalue weighted by Gasteiger charge is 2.17. The molecule has 1 aliphatic rings. The van der Waals surface area contributed by atoms with E-state index in [4.69, 9.17) is 9.47 Å². The second-order valence-electron chi connectivity index (χ2n) is 5.84. The molecule has 0 bridgehead atoms. The average molecular weight is 366 g/mol. The minimum Gasteiger partial charge on any atom is -0.486 e. The molecule has 0 amide bonds. The maximum Gasteiger partial charge on any atom is 0.275 e. The molecule has 0 unspecified atom stereocenters. The topological polar surface area (TPSA) is 78.3 Å². The van der Waals surface area contributed by atoms with Crippen LogP contribution in [0.15, 0.2) is 41.7 Å². The van der Waals surface area contributed by atoms with Crippen LogP contribution in [0.2, 0.25) is 0 Å². The predicted molar refractivity (Wildman–Crippen MR) is 101 cm³/mol. The lowest BCUT2D eigenvalue weighted by Gasteiger charge is -2.19. The van der Waals surface area contributed by atoms with Crippen LogP contribution in [0.5, 0.6) is 11.5 Å². The third-order valence-electron chi connectivity index (χ3n) is 4.36. The van der Waals surface area contributed by atoms with E-state index in [1.165, 1.54) is 15.9 Å². The SMILES string of the molecule is CNc1cncc2sc3c(=O)n(-c4ccc5c(c4)OCCO5)cnc3c12. The van der Waals surface area contributed by atoms with Crippen LogP contribution in [-0.4, -0.2) is 34.8 Å². The van der Waals surface area contributed by atoms with E-state index >= 15 is 0 Å². The van der Waals surface area contributed by atoms with E-state index in [9.17, 15) is 4.79 Å². The summed E-state index contributed by atoms with van der Waals surface area (Å²) in [5, 5.41) is 4.04. The second kappa shape index (κ2) is 5.70. The van der Waals surface area contributed by atoms with Gasteiger partial charge in [0.25, 0.3) is 5.56 Å². The lowest BCUT2D eigenvalue weighted by Crippen LogP contribution is -2.19. The Kier molecular flexibility index (Phi) is 3.32. The molecule has 26 heavy (non-hydrogen) atoms. The van der Waals surface area contributed by atoms with Crippen LogP contribution >= 0.6 is 11.3 Å². The van der Waals surface area contributed by atoms with Crippen molar-refractivity contribution in [1.82, 2.24) is 14.5 Å². The van der Waals surface area contributed by atoms with Crippen molar-refractivity contribution in [1.29, 1.82) is 0 Å². The number of nitrogens with zero attached hydrogens (tertiary/aromatic N) is 3. The molecule has 0 saturated heterocycles. The van der Waals surface area contributed by atoms with Crippen molar-refractivity contribution in [2.75, 3.05) is 25.6 Å². The second-order valence-corrected chi connectivity index (χ2v) is 6.89. The fourth-order valence-corrected chi connectivity index (χ4v) is 4.21. The van der Waals surface area contributed by atoms with E-state index in [0.717, 1.165) is 15.8 Å². The molecule has 5 rings (SSSR count). The van der Waals surface area contributed by atoms with Gasteiger partial charge in [-0.1, -0.05) is 0 Å². The zero-order chi connectivity index (χ0) is 17.7. The summed E-state index contributed by atoms with van der Waals surface area (Å²) in [4.78, 5) is 21.9. The average Bonchev–Trinajstić information content (AvgIpc) is 3.08. The Hall–Kier alpha value is -3.13. The van der Waals surface area contributed by atoms with Gasteiger partial charge >= 0.3 is 0 Å². The lowest BCUT2D eigenvalue weighted by atomic mass is 10.2. The first-order valence-corrected chi connectivity index (χ1v) is 8.93. The molecule has 1 N–H and O–H groups in total. The van der Waals surface area contributed by atoms with Crippen molar-refractivity contribution >= 4 is 37.3 Å². The van der Waals surface area contributed by atoms with Gasteiger partial charge in [0.1, 0.15) is 24.2 Å². The molecule has 4 heterocycles. The van der Waals surface area contributed by atoms with Crippen LogP contribution in [0.1, 0.15) is 0 Å². The molecule has 3 aromatic heterocycles. The van der Waals surface area contributed by atoms with Gasteiger partial charge in [0.05, 0.1) is 27.8 Å². The van der Waals surface area contributed by atoms with Crippen LogP contribution < -0.4 is 20.3 Å². The predicted octanol–water partition coefficient (Wildman–Crippen LogP) is 2.81. The number of aromatic nitrogens is 3. The number of anilines is 1. The van der Waals surface area contributed by atoms with Gasteiger partial charge in [-0.05, 0) is 12.1 Å². The number of ether oxygens (including phenoxy) is 2. The first-order valence-electron chi connectivity index (χ1n) is 8.12. The molecule has 130 valence electrons. The van der Waals surface area contributed by atoms with Crippen molar-refractivity contribution in [3.63, 3.8) is 0 Å². The van der Waals surface area contributed by atoms with Crippen LogP contribution in [0.3, 0.4) is 0 Å². The Balaban J connectivity index is 1.74. The maximum absolute atomic E-state index is 13.1. The van der Waals surface area contributed by atoms with Crippen LogP contribution in [0.25, 0.3) is 26.0 Å². The fraction of sp³-hybridized carbons (Fsp3) is 0.167. The Morgan fingerprint density at radius 1 is 1.19 bits per heavy atom. The van der Waals surface area contributed by atoms with Crippen molar-refractivity contribution < 1.29 is 9.47 Å². The zero-order valence-corrected chi connectivity index (χ0v) is 14.7. The molecule has 0 aliphatic carbocycles. The van der Waals surface area contributed by atoms with E-state index in [0.29, 0.717) is 40.6 Å². The summed E-state index contributed by atoms with van der Waals surface area (Å²) in [5.41, 5.74) is 2.13. The molecule has 1 aliphatic heterocycles. The summed E-state index contributed by atoms with van der Waals surface area (Å²) in [5.74, 6) is 1.33. The molecule has 8 heteroatoms. The van der Waals surface area contributed by atoms with Gasteiger partial charge in [-0.2, -0.15) is 0 Å². The molecular formula is C18H14N4O3S.